The Hall–Kier alpha value is -3.19. The fourth-order valence-electron chi connectivity index (χ4n) is 3.49. The van der Waals surface area contributed by atoms with Gasteiger partial charge in [0.15, 0.2) is 0 Å². The zero-order valence-electron chi connectivity index (χ0n) is 16.2. The Morgan fingerprint density at radius 1 is 1.20 bits per heavy atom. The van der Waals surface area contributed by atoms with Crippen LogP contribution in [0.4, 0.5) is 21.8 Å². The maximum atomic E-state index is 13.9. The third kappa shape index (κ3) is 4.68. The first kappa shape index (κ1) is 20.1. The van der Waals surface area contributed by atoms with E-state index in [1.807, 2.05) is 23.1 Å². The normalized spacial score (nSPS) is 15.8. The molecule has 0 bridgehead atoms. The Balaban J connectivity index is 1.45. The van der Waals surface area contributed by atoms with Gasteiger partial charge in [0.2, 0.25) is 11.9 Å². The van der Waals surface area contributed by atoms with E-state index in [1.54, 1.807) is 36.5 Å². The first-order valence-electron chi connectivity index (χ1n) is 9.73. The smallest absolute Gasteiger partial charge is 0.243 e. The monoisotopic (exact) mass is 425 g/mol. The third-order valence-electron chi connectivity index (χ3n) is 4.95. The highest BCUT2D eigenvalue weighted by Crippen LogP contribution is 2.25. The fraction of sp³-hybridized carbons (Fsp3) is 0.227. The highest BCUT2D eigenvalue weighted by molar-refractivity contribution is 6.30. The molecule has 0 radical (unpaired) electrons. The Labute approximate surface area is 179 Å². The van der Waals surface area contributed by atoms with E-state index in [0.717, 1.165) is 18.4 Å². The minimum absolute atomic E-state index is 0.0801. The van der Waals surface area contributed by atoms with E-state index >= 15 is 0 Å². The number of halogens is 2. The van der Waals surface area contributed by atoms with Gasteiger partial charge in [0.05, 0.1) is 5.69 Å². The molecule has 6 nitrogen and oxygen atoms in total. The number of hydrogen-bond acceptors (Lipinski definition) is 5. The summed E-state index contributed by atoms with van der Waals surface area (Å²) in [4.78, 5) is 23.5. The average molecular weight is 426 g/mol. The van der Waals surface area contributed by atoms with Crippen LogP contribution in [0.25, 0.3) is 0 Å². The third-order valence-corrected chi connectivity index (χ3v) is 5.18. The molecule has 0 spiro atoms. The Morgan fingerprint density at radius 3 is 2.90 bits per heavy atom. The van der Waals surface area contributed by atoms with Crippen LogP contribution >= 0.6 is 11.6 Å². The van der Waals surface area contributed by atoms with Crippen LogP contribution in [-0.4, -0.2) is 28.5 Å². The van der Waals surface area contributed by atoms with E-state index < -0.39 is 0 Å². The number of carbonyl (C=O) groups excluding carboxylic acids is 1. The van der Waals surface area contributed by atoms with Crippen LogP contribution in [0.15, 0.2) is 60.8 Å². The minimum Gasteiger partial charge on any atom is -0.350 e. The molecule has 1 unspecified atom stereocenters. The summed E-state index contributed by atoms with van der Waals surface area (Å²) >= 11 is 6.01. The number of anilines is 3. The average Bonchev–Trinajstić information content (AvgIpc) is 3.24. The molecule has 8 heteroatoms. The zero-order chi connectivity index (χ0) is 20.9. The number of hydrogen-bond donors (Lipinski definition) is 2. The SMILES string of the molecule is O=C(NCc1cccc(Cl)c1)C1CCCN1c1nccc(Nc2ccccc2F)n1. The molecule has 2 aromatic carbocycles. The van der Waals surface area contributed by atoms with Gasteiger partial charge in [-0.3, -0.25) is 4.79 Å². The van der Waals surface area contributed by atoms with Crippen molar-refractivity contribution in [2.45, 2.75) is 25.4 Å². The summed E-state index contributed by atoms with van der Waals surface area (Å²) in [6.07, 6.45) is 3.18. The molecule has 1 aliphatic rings. The lowest BCUT2D eigenvalue weighted by molar-refractivity contribution is -0.122. The highest BCUT2D eigenvalue weighted by Gasteiger charge is 2.32. The van der Waals surface area contributed by atoms with Gasteiger partial charge < -0.3 is 15.5 Å². The van der Waals surface area contributed by atoms with Crippen LogP contribution in [0.3, 0.4) is 0 Å². The lowest BCUT2D eigenvalue weighted by Gasteiger charge is -2.24. The van der Waals surface area contributed by atoms with Crippen molar-refractivity contribution in [2.75, 3.05) is 16.8 Å². The van der Waals surface area contributed by atoms with E-state index in [9.17, 15) is 9.18 Å². The Kier molecular flexibility index (Phi) is 6.09. The van der Waals surface area contributed by atoms with E-state index in [1.165, 1.54) is 6.07 Å². The molecule has 1 amide bonds. The van der Waals surface area contributed by atoms with Crippen molar-refractivity contribution in [1.29, 1.82) is 0 Å². The van der Waals surface area contributed by atoms with Crippen molar-refractivity contribution in [3.8, 4) is 0 Å². The molecule has 2 N–H and O–H groups in total. The van der Waals surface area contributed by atoms with Crippen molar-refractivity contribution >= 4 is 35.0 Å². The second-order valence-corrected chi connectivity index (χ2v) is 7.48. The van der Waals surface area contributed by atoms with Crippen LogP contribution in [0.1, 0.15) is 18.4 Å². The van der Waals surface area contributed by atoms with E-state index in [2.05, 4.69) is 20.6 Å². The summed E-state index contributed by atoms with van der Waals surface area (Å²) in [5, 5.41) is 6.57. The van der Waals surface area contributed by atoms with Crippen LogP contribution in [0.2, 0.25) is 5.02 Å². The maximum Gasteiger partial charge on any atom is 0.243 e. The van der Waals surface area contributed by atoms with Crippen molar-refractivity contribution in [3.05, 3.63) is 77.2 Å². The molecule has 0 saturated carbocycles. The number of benzene rings is 2. The number of rotatable bonds is 6. The molecule has 2 heterocycles. The van der Waals surface area contributed by atoms with Crippen molar-refractivity contribution < 1.29 is 9.18 Å². The second-order valence-electron chi connectivity index (χ2n) is 7.05. The minimum atomic E-state index is -0.364. The standard InChI is InChI=1S/C22H21ClFN5O/c23-16-6-3-5-15(13-16)14-26-21(30)19-9-4-12-29(19)22-25-11-10-20(28-22)27-18-8-2-1-7-17(18)24/h1-3,5-8,10-11,13,19H,4,9,12,14H2,(H,26,30)(H,25,27,28). The maximum absolute atomic E-state index is 13.9. The Bertz CT molecular complexity index is 1050. The predicted molar refractivity (Wildman–Crippen MR) is 115 cm³/mol. The van der Waals surface area contributed by atoms with Crippen LogP contribution < -0.4 is 15.5 Å². The number of para-hydroxylation sites is 1. The summed E-state index contributed by atoms with van der Waals surface area (Å²) < 4.78 is 13.9. The fourth-order valence-corrected chi connectivity index (χ4v) is 3.70. The summed E-state index contributed by atoms with van der Waals surface area (Å²) in [7, 11) is 0. The van der Waals surface area contributed by atoms with E-state index in [0.29, 0.717) is 35.6 Å². The molecule has 1 atom stereocenters. The molecule has 4 rings (SSSR count). The molecule has 1 fully saturated rings. The van der Waals surface area contributed by atoms with Crippen LogP contribution in [-0.2, 0) is 11.3 Å². The molecule has 1 aliphatic heterocycles. The van der Waals surface area contributed by atoms with Gasteiger partial charge in [0.25, 0.3) is 0 Å². The van der Waals surface area contributed by atoms with Crippen molar-refractivity contribution in [1.82, 2.24) is 15.3 Å². The van der Waals surface area contributed by atoms with Crippen molar-refractivity contribution in [3.63, 3.8) is 0 Å². The number of carbonyl (C=O) groups is 1. The largest absolute Gasteiger partial charge is 0.350 e. The molecule has 1 saturated heterocycles. The number of aromatic nitrogens is 2. The summed E-state index contributed by atoms with van der Waals surface area (Å²) in [5.41, 5.74) is 1.27. The molecular weight excluding hydrogens is 405 g/mol. The van der Waals surface area contributed by atoms with Gasteiger partial charge in [0, 0.05) is 24.3 Å². The second kappa shape index (κ2) is 9.09. The topological polar surface area (TPSA) is 70.2 Å². The first-order chi connectivity index (χ1) is 14.6. The van der Waals surface area contributed by atoms with E-state index in [4.69, 9.17) is 11.6 Å². The van der Waals surface area contributed by atoms with Crippen molar-refractivity contribution in [2.24, 2.45) is 0 Å². The molecule has 3 aromatic rings. The van der Waals surface area contributed by atoms with E-state index in [-0.39, 0.29) is 17.8 Å². The summed E-state index contributed by atoms with van der Waals surface area (Å²) in [5.74, 6) is 0.465. The lowest BCUT2D eigenvalue weighted by atomic mass is 10.2. The lowest BCUT2D eigenvalue weighted by Crippen LogP contribution is -2.43. The Morgan fingerprint density at radius 2 is 2.07 bits per heavy atom. The van der Waals surface area contributed by atoms with Gasteiger partial charge in [-0.1, -0.05) is 35.9 Å². The van der Waals surface area contributed by atoms with Gasteiger partial charge >= 0.3 is 0 Å². The summed E-state index contributed by atoms with van der Waals surface area (Å²) in [6.45, 7) is 1.08. The highest BCUT2D eigenvalue weighted by atomic mass is 35.5. The predicted octanol–water partition coefficient (Wildman–Crippen LogP) is 4.30. The number of nitrogens with one attached hydrogen (secondary N) is 2. The van der Waals surface area contributed by atoms with Crippen LogP contribution in [0.5, 0.6) is 0 Å². The zero-order valence-corrected chi connectivity index (χ0v) is 16.9. The van der Waals surface area contributed by atoms with Gasteiger partial charge in [-0.15, -0.1) is 0 Å². The molecule has 0 aliphatic carbocycles. The molecule has 1 aromatic heterocycles. The quantitative estimate of drug-likeness (QED) is 0.616. The van der Waals surface area contributed by atoms with Gasteiger partial charge in [-0.25, -0.2) is 9.37 Å². The van der Waals surface area contributed by atoms with Crippen LogP contribution in [0, 0.1) is 5.82 Å². The van der Waals surface area contributed by atoms with Gasteiger partial charge in [-0.05, 0) is 48.7 Å². The molecule has 154 valence electrons. The van der Waals surface area contributed by atoms with Gasteiger partial charge in [0.1, 0.15) is 17.7 Å². The summed E-state index contributed by atoms with van der Waals surface area (Å²) in [6, 6.07) is 15.1. The first-order valence-corrected chi connectivity index (χ1v) is 10.1. The molecular formula is C22H21ClFN5O. The molecule has 30 heavy (non-hydrogen) atoms. The van der Waals surface area contributed by atoms with Gasteiger partial charge in [-0.2, -0.15) is 4.98 Å². The number of nitrogens with zero attached hydrogens (tertiary/aromatic N) is 3. The number of amides is 1.